The number of likely N-dealkylation sites (N-methyl/N-ethyl adjacent to an activating group) is 1. The first-order valence-corrected chi connectivity index (χ1v) is 8.62. The standard InChI is InChI=1S/C17H32N2O2/c1-16(2)15-14(5-4-9-21-15)17(16,18)12-19(3)8-10-20-11-13-6-7-13/h13-15H,4-12,18H2,1-3H3. The lowest BCUT2D eigenvalue weighted by Gasteiger charge is -2.67. The number of fused-ring (bicyclic) bond motifs is 1. The zero-order valence-electron chi connectivity index (χ0n) is 13.9. The van der Waals surface area contributed by atoms with Crippen LogP contribution in [-0.4, -0.2) is 56.5 Å². The van der Waals surface area contributed by atoms with Crippen molar-refractivity contribution in [3.8, 4) is 0 Å². The van der Waals surface area contributed by atoms with Crippen molar-refractivity contribution in [2.24, 2.45) is 23.0 Å². The van der Waals surface area contributed by atoms with Crippen LogP contribution in [0.5, 0.6) is 0 Å². The minimum atomic E-state index is -0.122. The van der Waals surface area contributed by atoms with Gasteiger partial charge in [0.25, 0.3) is 0 Å². The van der Waals surface area contributed by atoms with Gasteiger partial charge in [0.2, 0.25) is 0 Å². The van der Waals surface area contributed by atoms with Gasteiger partial charge >= 0.3 is 0 Å². The highest BCUT2D eigenvalue weighted by Crippen LogP contribution is 2.57. The van der Waals surface area contributed by atoms with Crippen LogP contribution in [0.1, 0.15) is 39.5 Å². The van der Waals surface area contributed by atoms with E-state index in [1.54, 1.807) is 0 Å². The molecule has 2 saturated carbocycles. The molecule has 1 saturated heterocycles. The molecule has 3 atom stereocenters. The van der Waals surface area contributed by atoms with Crippen molar-refractivity contribution in [3.63, 3.8) is 0 Å². The van der Waals surface area contributed by atoms with Crippen LogP contribution in [0.25, 0.3) is 0 Å². The van der Waals surface area contributed by atoms with Crippen LogP contribution in [0.4, 0.5) is 0 Å². The van der Waals surface area contributed by atoms with E-state index in [1.807, 2.05) is 0 Å². The molecule has 0 aromatic heterocycles. The largest absolute Gasteiger partial charge is 0.380 e. The molecule has 0 aromatic carbocycles. The summed E-state index contributed by atoms with van der Waals surface area (Å²) in [6.45, 7) is 9.15. The SMILES string of the molecule is CN(CCOCC1CC1)CC1(N)C2CCCOC2C1(C)C. The second-order valence-electron chi connectivity index (χ2n) is 8.06. The van der Waals surface area contributed by atoms with Crippen molar-refractivity contribution in [2.75, 3.05) is 40.0 Å². The Morgan fingerprint density at radius 3 is 2.76 bits per heavy atom. The molecule has 4 heteroatoms. The number of hydrogen-bond donors (Lipinski definition) is 1. The molecule has 3 aliphatic rings. The molecule has 3 unspecified atom stereocenters. The van der Waals surface area contributed by atoms with Gasteiger partial charge in [-0.3, -0.25) is 0 Å². The van der Waals surface area contributed by atoms with Crippen molar-refractivity contribution in [1.82, 2.24) is 4.90 Å². The van der Waals surface area contributed by atoms with Crippen LogP contribution in [0.3, 0.4) is 0 Å². The summed E-state index contributed by atoms with van der Waals surface area (Å²) in [5.74, 6) is 1.37. The maximum Gasteiger partial charge on any atom is 0.0690 e. The van der Waals surface area contributed by atoms with Gasteiger partial charge < -0.3 is 20.1 Å². The fraction of sp³-hybridized carbons (Fsp3) is 1.00. The van der Waals surface area contributed by atoms with Crippen LogP contribution in [0.15, 0.2) is 0 Å². The minimum absolute atomic E-state index is 0.0707. The summed E-state index contributed by atoms with van der Waals surface area (Å²) >= 11 is 0. The Bertz CT molecular complexity index is 370. The average Bonchev–Trinajstić information content (AvgIpc) is 3.27. The van der Waals surface area contributed by atoms with E-state index >= 15 is 0 Å². The molecule has 0 aromatic rings. The van der Waals surface area contributed by atoms with Gasteiger partial charge in [0.15, 0.2) is 0 Å². The lowest BCUT2D eigenvalue weighted by molar-refractivity contribution is -0.231. The van der Waals surface area contributed by atoms with Crippen molar-refractivity contribution < 1.29 is 9.47 Å². The molecule has 3 rings (SSSR count). The fourth-order valence-electron chi connectivity index (χ4n) is 4.27. The highest BCUT2D eigenvalue weighted by Gasteiger charge is 2.66. The monoisotopic (exact) mass is 296 g/mol. The van der Waals surface area contributed by atoms with E-state index < -0.39 is 0 Å². The molecule has 1 heterocycles. The predicted molar refractivity (Wildman–Crippen MR) is 84.2 cm³/mol. The van der Waals surface area contributed by atoms with E-state index in [1.165, 1.54) is 19.3 Å². The van der Waals surface area contributed by atoms with Gasteiger partial charge in [0, 0.05) is 43.2 Å². The lowest BCUT2D eigenvalue weighted by atomic mass is 9.46. The zero-order chi connectivity index (χ0) is 15.1. The molecule has 3 fully saturated rings. The summed E-state index contributed by atoms with van der Waals surface area (Å²) in [7, 11) is 2.17. The molecule has 0 bridgehead atoms. The molecule has 2 aliphatic carbocycles. The average molecular weight is 296 g/mol. The van der Waals surface area contributed by atoms with Crippen LogP contribution in [0.2, 0.25) is 0 Å². The topological polar surface area (TPSA) is 47.7 Å². The Kier molecular flexibility index (Phi) is 4.34. The maximum absolute atomic E-state index is 6.84. The Labute approximate surface area is 129 Å². The van der Waals surface area contributed by atoms with E-state index in [0.717, 1.165) is 45.2 Å². The Balaban J connectivity index is 1.47. The summed E-state index contributed by atoms with van der Waals surface area (Å²) in [4.78, 5) is 2.35. The van der Waals surface area contributed by atoms with Gasteiger partial charge in [-0.25, -0.2) is 0 Å². The predicted octanol–water partition coefficient (Wildman–Crippen LogP) is 1.88. The van der Waals surface area contributed by atoms with Crippen molar-refractivity contribution >= 4 is 0 Å². The third-order valence-electron chi connectivity index (χ3n) is 6.09. The molecular formula is C17H32N2O2. The second-order valence-corrected chi connectivity index (χ2v) is 8.06. The van der Waals surface area contributed by atoms with Crippen LogP contribution in [-0.2, 0) is 9.47 Å². The number of rotatable bonds is 7. The van der Waals surface area contributed by atoms with E-state index in [-0.39, 0.29) is 11.0 Å². The molecule has 0 amide bonds. The number of nitrogens with zero attached hydrogens (tertiary/aromatic N) is 1. The van der Waals surface area contributed by atoms with Gasteiger partial charge in [-0.05, 0) is 38.6 Å². The highest BCUT2D eigenvalue weighted by atomic mass is 16.5. The smallest absolute Gasteiger partial charge is 0.0690 e. The Morgan fingerprint density at radius 2 is 2.05 bits per heavy atom. The van der Waals surface area contributed by atoms with E-state index in [2.05, 4.69) is 25.8 Å². The third kappa shape index (κ3) is 2.88. The quantitative estimate of drug-likeness (QED) is 0.729. The second kappa shape index (κ2) is 5.80. The summed E-state index contributed by atoms with van der Waals surface area (Å²) in [6, 6.07) is 0. The van der Waals surface area contributed by atoms with Gasteiger partial charge in [-0.2, -0.15) is 0 Å². The molecule has 0 radical (unpaired) electrons. The van der Waals surface area contributed by atoms with Gasteiger partial charge in [-0.15, -0.1) is 0 Å². The Morgan fingerprint density at radius 1 is 1.29 bits per heavy atom. The number of ether oxygens (including phenoxy) is 2. The zero-order valence-corrected chi connectivity index (χ0v) is 13.9. The van der Waals surface area contributed by atoms with E-state index in [4.69, 9.17) is 15.2 Å². The summed E-state index contributed by atoms with van der Waals surface area (Å²) in [5.41, 5.74) is 6.79. The normalized spacial score (nSPS) is 38.1. The summed E-state index contributed by atoms with van der Waals surface area (Å²) in [6.07, 6.45) is 5.45. The maximum atomic E-state index is 6.84. The molecular weight excluding hydrogens is 264 g/mol. The molecule has 1 aliphatic heterocycles. The first-order chi connectivity index (χ1) is 9.95. The van der Waals surface area contributed by atoms with E-state index in [0.29, 0.717) is 12.0 Å². The number of hydrogen-bond acceptors (Lipinski definition) is 4. The van der Waals surface area contributed by atoms with Crippen LogP contribution in [0, 0.1) is 17.3 Å². The van der Waals surface area contributed by atoms with Crippen molar-refractivity contribution in [3.05, 3.63) is 0 Å². The molecule has 4 nitrogen and oxygen atoms in total. The van der Waals surface area contributed by atoms with Crippen molar-refractivity contribution in [1.29, 1.82) is 0 Å². The number of nitrogens with two attached hydrogens (primary N) is 1. The van der Waals surface area contributed by atoms with Gasteiger partial charge in [0.1, 0.15) is 0 Å². The summed E-state index contributed by atoms with van der Waals surface area (Å²) in [5, 5.41) is 0. The summed E-state index contributed by atoms with van der Waals surface area (Å²) < 4.78 is 11.7. The Hall–Kier alpha value is -0.160. The molecule has 21 heavy (non-hydrogen) atoms. The molecule has 122 valence electrons. The minimum Gasteiger partial charge on any atom is -0.380 e. The molecule has 2 N–H and O–H groups in total. The fourth-order valence-corrected chi connectivity index (χ4v) is 4.27. The molecule has 0 spiro atoms. The van der Waals surface area contributed by atoms with E-state index in [9.17, 15) is 0 Å². The van der Waals surface area contributed by atoms with Gasteiger partial charge in [-0.1, -0.05) is 13.8 Å². The lowest BCUT2D eigenvalue weighted by Crippen LogP contribution is -2.80. The van der Waals surface area contributed by atoms with Crippen LogP contribution < -0.4 is 5.73 Å². The third-order valence-corrected chi connectivity index (χ3v) is 6.09. The first kappa shape index (κ1) is 15.7. The van der Waals surface area contributed by atoms with Gasteiger partial charge in [0.05, 0.1) is 12.7 Å². The highest BCUT2D eigenvalue weighted by molar-refractivity contribution is 5.20. The van der Waals surface area contributed by atoms with Crippen molar-refractivity contribution in [2.45, 2.75) is 51.2 Å². The van der Waals surface area contributed by atoms with Crippen LogP contribution >= 0.6 is 0 Å². The first-order valence-electron chi connectivity index (χ1n) is 8.62.